The first kappa shape index (κ1) is 21.9. The Morgan fingerprint density at radius 3 is 2.36 bits per heavy atom. The summed E-state index contributed by atoms with van der Waals surface area (Å²) in [4.78, 5) is 0. The molecule has 3 aromatic rings. The van der Waals surface area contributed by atoms with Gasteiger partial charge in [-0.1, -0.05) is 60.7 Å². The number of nitrogens with two attached hydrogens (primary N) is 1. The van der Waals surface area contributed by atoms with E-state index in [4.69, 9.17) is 0 Å². The molecule has 2 nitrogen and oxygen atoms in total. The predicted octanol–water partition coefficient (Wildman–Crippen LogP) is 5.72. The minimum atomic E-state index is -4.28. The van der Waals surface area contributed by atoms with Crippen molar-refractivity contribution >= 4 is 10.8 Å². The minimum absolute atomic E-state index is 0.183. The van der Waals surface area contributed by atoms with Crippen molar-refractivity contribution in [2.45, 2.75) is 32.0 Å². The van der Waals surface area contributed by atoms with Crippen LogP contribution in [0.5, 0.6) is 0 Å². The van der Waals surface area contributed by atoms with Gasteiger partial charge in [0, 0.05) is 6.04 Å². The van der Waals surface area contributed by atoms with Crippen molar-refractivity contribution < 1.29 is 13.2 Å². The van der Waals surface area contributed by atoms with Crippen molar-refractivity contribution in [3.8, 4) is 0 Å². The molecule has 0 aliphatic heterocycles. The lowest BCUT2D eigenvalue weighted by Gasteiger charge is -2.17. The molecule has 1 atom stereocenters. The van der Waals surface area contributed by atoms with Gasteiger partial charge < -0.3 is 11.1 Å². The second-order valence-electron chi connectivity index (χ2n) is 6.55. The molecule has 0 saturated heterocycles. The number of fused-ring (bicyclic) bond motifs is 1. The second-order valence-corrected chi connectivity index (χ2v) is 6.55. The number of hydrogen-bond donors (Lipinski definition) is 2. The van der Waals surface area contributed by atoms with Gasteiger partial charge in [0.15, 0.2) is 0 Å². The zero-order valence-electron chi connectivity index (χ0n) is 16.3. The van der Waals surface area contributed by atoms with Gasteiger partial charge in [0.25, 0.3) is 0 Å². The number of halogens is 3. The maximum absolute atomic E-state index is 12.8. The molecule has 0 bridgehead atoms. The fourth-order valence-corrected chi connectivity index (χ4v) is 3.25. The molecule has 5 heteroatoms. The van der Waals surface area contributed by atoms with Gasteiger partial charge in [-0.3, -0.25) is 0 Å². The quantitative estimate of drug-likeness (QED) is 0.530. The van der Waals surface area contributed by atoms with E-state index in [1.54, 1.807) is 6.07 Å². The van der Waals surface area contributed by atoms with E-state index in [0.717, 1.165) is 24.6 Å². The molecular weight excluding hydrogens is 361 g/mol. The van der Waals surface area contributed by atoms with Gasteiger partial charge >= 0.3 is 6.18 Å². The van der Waals surface area contributed by atoms with Crippen LogP contribution in [0.25, 0.3) is 10.8 Å². The highest BCUT2D eigenvalue weighted by atomic mass is 19.4. The molecule has 150 valence electrons. The summed E-state index contributed by atoms with van der Waals surface area (Å²) in [6.07, 6.45) is -2.87. The molecule has 0 unspecified atom stereocenters. The first-order valence-corrected chi connectivity index (χ1v) is 9.40. The third-order valence-corrected chi connectivity index (χ3v) is 4.64. The molecule has 0 heterocycles. The Morgan fingerprint density at radius 2 is 1.61 bits per heavy atom. The van der Waals surface area contributed by atoms with Crippen LogP contribution in [0, 0.1) is 0 Å². The molecule has 0 radical (unpaired) electrons. The van der Waals surface area contributed by atoms with Gasteiger partial charge in [0.05, 0.1) is 5.56 Å². The average molecular weight is 388 g/mol. The monoisotopic (exact) mass is 388 g/mol. The van der Waals surface area contributed by atoms with Crippen LogP contribution in [-0.4, -0.2) is 13.6 Å². The first-order chi connectivity index (χ1) is 13.4. The van der Waals surface area contributed by atoms with E-state index in [2.05, 4.69) is 48.3 Å². The molecule has 3 rings (SSSR count). The minimum Gasteiger partial charge on any atom is -0.333 e. The Bertz CT molecular complexity index is 870. The second kappa shape index (κ2) is 10.2. The van der Waals surface area contributed by atoms with Gasteiger partial charge in [-0.2, -0.15) is 13.2 Å². The van der Waals surface area contributed by atoms with Crippen LogP contribution in [0.15, 0.2) is 66.7 Å². The van der Waals surface area contributed by atoms with Crippen LogP contribution in [0.3, 0.4) is 0 Å². The van der Waals surface area contributed by atoms with E-state index < -0.39 is 11.7 Å². The van der Waals surface area contributed by atoms with Gasteiger partial charge in [0.2, 0.25) is 0 Å². The van der Waals surface area contributed by atoms with E-state index in [9.17, 15) is 13.2 Å². The SMILES string of the molecule is CN.C[C@@H](NCCCc1cccc(C(F)(F)F)c1)c1cccc2ccccc12. The highest BCUT2D eigenvalue weighted by molar-refractivity contribution is 5.86. The number of benzene rings is 3. The van der Waals surface area contributed by atoms with Gasteiger partial charge in [-0.15, -0.1) is 0 Å². The van der Waals surface area contributed by atoms with Crippen LogP contribution in [0.1, 0.15) is 36.1 Å². The Balaban J connectivity index is 0.00000136. The van der Waals surface area contributed by atoms with Crippen LogP contribution in [0.2, 0.25) is 0 Å². The largest absolute Gasteiger partial charge is 0.416 e. The number of aryl methyl sites for hydroxylation is 1. The Labute approximate surface area is 164 Å². The van der Waals surface area contributed by atoms with E-state index in [1.165, 1.54) is 35.5 Å². The van der Waals surface area contributed by atoms with Crippen LogP contribution >= 0.6 is 0 Å². The fraction of sp³-hybridized carbons (Fsp3) is 0.304. The number of rotatable bonds is 6. The molecule has 3 aromatic carbocycles. The Kier molecular flexibility index (Phi) is 8.03. The van der Waals surface area contributed by atoms with Crippen LogP contribution < -0.4 is 11.1 Å². The number of hydrogen-bond acceptors (Lipinski definition) is 2. The molecule has 3 N–H and O–H groups in total. The zero-order chi connectivity index (χ0) is 20.6. The molecule has 28 heavy (non-hydrogen) atoms. The highest BCUT2D eigenvalue weighted by Gasteiger charge is 2.30. The van der Waals surface area contributed by atoms with Crippen LogP contribution in [0.4, 0.5) is 13.2 Å². The molecule has 0 fully saturated rings. The van der Waals surface area contributed by atoms with Crippen molar-refractivity contribution in [3.63, 3.8) is 0 Å². The fourth-order valence-electron chi connectivity index (χ4n) is 3.25. The third-order valence-electron chi connectivity index (χ3n) is 4.64. The molecule has 0 saturated carbocycles. The summed E-state index contributed by atoms with van der Waals surface area (Å²) in [5, 5.41) is 5.92. The lowest BCUT2D eigenvalue weighted by molar-refractivity contribution is -0.137. The smallest absolute Gasteiger partial charge is 0.333 e. The number of nitrogens with one attached hydrogen (secondary N) is 1. The Morgan fingerprint density at radius 1 is 0.929 bits per heavy atom. The normalized spacial score (nSPS) is 12.4. The predicted molar refractivity (Wildman–Crippen MR) is 110 cm³/mol. The molecule has 0 amide bonds. The number of alkyl halides is 3. The maximum atomic E-state index is 12.8. The van der Waals surface area contributed by atoms with Crippen molar-refractivity contribution in [2.75, 3.05) is 13.6 Å². The standard InChI is InChI=1S/C22H22F3N.CH5N/c1-16(20-13-5-10-18-9-2-3-12-21(18)20)26-14-6-8-17-7-4-11-19(15-17)22(23,24)25;1-2/h2-5,7,9-13,15-16,26H,6,8,14H2,1H3;2H2,1H3/t16-;/m1./s1. The van der Waals surface area contributed by atoms with Crippen molar-refractivity contribution in [2.24, 2.45) is 5.73 Å². The lowest BCUT2D eigenvalue weighted by atomic mass is 9.99. The summed E-state index contributed by atoms with van der Waals surface area (Å²) in [6, 6.07) is 20.3. The van der Waals surface area contributed by atoms with E-state index in [-0.39, 0.29) is 6.04 Å². The van der Waals surface area contributed by atoms with E-state index in [1.807, 2.05) is 12.1 Å². The third kappa shape index (κ3) is 5.81. The summed E-state index contributed by atoms with van der Waals surface area (Å²) in [6.45, 7) is 2.87. The topological polar surface area (TPSA) is 38.0 Å². The molecule has 0 aliphatic rings. The molecular formula is C23H27F3N2. The Hall–Kier alpha value is -2.37. The summed E-state index contributed by atoms with van der Waals surface area (Å²) >= 11 is 0. The van der Waals surface area contributed by atoms with Crippen molar-refractivity contribution in [1.29, 1.82) is 0 Å². The lowest BCUT2D eigenvalue weighted by Crippen LogP contribution is -2.20. The van der Waals surface area contributed by atoms with E-state index >= 15 is 0 Å². The summed E-state index contributed by atoms with van der Waals surface area (Å²) in [5.41, 5.74) is 5.88. The average Bonchev–Trinajstić information content (AvgIpc) is 2.72. The molecule has 0 aromatic heterocycles. The van der Waals surface area contributed by atoms with Crippen molar-refractivity contribution in [1.82, 2.24) is 5.32 Å². The van der Waals surface area contributed by atoms with Crippen molar-refractivity contribution in [3.05, 3.63) is 83.4 Å². The summed E-state index contributed by atoms with van der Waals surface area (Å²) in [7, 11) is 1.50. The highest BCUT2D eigenvalue weighted by Crippen LogP contribution is 2.29. The van der Waals surface area contributed by atoms with E-state index in [0.29, 0.717) is 6.42 Å². The van der Waals surface area contributed by atoms with Gasteiger partial charge in [-0.25, -0.2) is 0 Å². The molecule has 0 aliphatic carbocycles. The van der Waals surface area contributed by atoms with Crippen LogP contribution in [-0.2, 0) is 12.6 Å². The zero-order valence-corrected chi connectivity index (χ0v) is 16.3. The maximum Gasteiger partial charge on any atom is 0.416 e. The summed E-state index contributed by atoms with van der Waals surface area (Å²) in [5.74, 6) is 0. The van der Waals surface area contributed by atoms with Gasteiger partial charge in [-0.05, 0) is 61.3 Å². The summed E-state index contributed by atoms with van der Waals surface area (Å²) < 4.78 is 38.3. The van der Waals surface area contributed by atoms with Gasteiger partial charge in [0.1, 0.15) is 0 Å². The first-order valence-electron chi connectivity index (χ1n) is 9.40. The molecule has 0 spiro atoms.